The first-order valence-corrected chi connectivity index (χ1v) is 6.86. The van der Waals surface area contributed by atoms with Crippen LogP contribution in [0.2, 0.25) is 0 Å². The van der Waals surface area contributed by atoms with Crippen LogP contribution in [0.25, 0.3) is 0 Å². The van der Waals surface area contributed by atoms with Crippen LogP contribution < -0.4 is 4.74 Å². The van der Waals surface area contributed by atoms with Gasteiger partial charge < -0.3 is 9.84 Å². The average molecular weight is 289 g/mol. The van der Waals surface area contributed by atoms with E-state index in [1.165, 1.54) is 6.92 Å². The maximum Gasteiger partial charge on any atom is 0.356 e. The predicted octanol–water partition coefficient (Wildman–Crippen LogP) is 2.57. The van der Waals surface area contributed by atoms with Crippen LogP contribution >= 0.6 is 11.3 Å². The van der Waals surface area contributed by atoms with E-state index in [0.717, 1.165) is 22.6 Å². The lowest BCUT2D eigenvalue weighted by Crippen LogP contribution is -2.05. The molecule has 0 aliphatic carbocycles. The van der Waals surface area contributed by atoms with Gasteiger partial charge in [0, 0.05) is 12.5 Å². The summed E-state index contributed by atoms with van der Waals surface area (Å²) < 4.78 is 5.57. The molecular formula is C14H11NO4S. The molecule has 102 valence electrons. The molecule has 20 heavy (non-hydrogen) atoms. The standard InChI is InChI=1S/C14H11NO4S/c1-7(16)12-11(14(17)18)15-13(20-12)9-6-19-10-5-3-2-4-8(9)10/h2-5,9H,6H2,1H3,(H,17,18). The normalized spacial score (nSPS) is 16.6. The number of para-hydroxylation sites is 1. The summed E-state index contributed by atoms with van der Waals surface area (Å²) in [5.74, 6) is -0.778. The molecule has 2 heterocycles. The molecule has 1 unspecified atom stereocenters. The lowest BCUT2D eigenvalue weighted by molar-refractivity contribution is 0.0686. The Bertz CT molecular complexity index is 675. The summed E-state index contributed by atoms with van der Waals surface area (Å²) in [6, 6.07) is 7.58. The van der Waals surface area contributed by atoms with Crippen molar-refractivity contribution in [3.63, 3.8) is 0 Å². The Kier molecular flexibility index (Phi) is 3.02. The molecule has 2 aromatic rings. The predicted molar refractivity (Wildman–Crippen MR) is 72.9 cm³/mol. The third-order valence-electron chi connectivity index (χ3n) is 3.16. The molecule has 0 saturated heterocycles. The van der Waals surface area contributed by atoms with E-state index in [-0.39, 0.29) is 22.3 Å². The third kappa shape index (κ3) is 1.98. The number of nitrogens with zero attached hydrogens (tertiary/aromatic N) is 1. The van der Waals surface area contributed by atoms with Crippen LogP contribution in [-0.4, -0.2) is 28.4 Å². The van der Waals surface area contributed by atoms with Crippen LogP contribution in [-0.2, 0) is 0 Å². The number of thiazole rings is 1. The number of ether oxygens (including phenoxy) is 1. The molecule has 1 aromatic heterocycles. The van der Waals surface area contributed by atoms with E-state index in [4.69, 9.17) is 9.84 Å². The summed E-state index contributed by atoms with van der Waals surface area (Å²) >= 11 is 1.14. The Morgan fingerprint density at radius 2 is 2.15 bits per heavy atom. The van der Waals surface area contributed by atoms with Crippen LogP contribution in [0.3, 0.4) is 0 Å². The van der Waals surface area contributed by atoms with Crippen molar-refractivity contribution in [2.24, 2.45) is 0 Å². The molecule has 1 aromatic carbocycles. The number of hydrogen-bond donors (Lipinski definition) is 1. The van der Waals surface area contributed by atoms with Crippen molar-refractivity contribution in [2.75, 3.05) is 6.61 Å². The SMILES string of the molecule is CC(=O)c1sc(C2COc3ccccc32)nc1C(=O)O. The van der Waals surface area contributed by atoms with Gasteiger partial charge >= 0.3 is 5.97 Å². The summed E-state index contributed by atoms with van der Waals surface area (Å²) in [6.07, 6.45) is 0. The largest absolute Gasteiger partial charge is 0.492 e. The van der Waals surface area contributed by atoms with Crippen molar-refractivity contribution in [3.05, 3.63) is 45.4 Å². The van der Waals surface area contributed by atoms with Crippen molar-refractivity contribution in [2.45, 2.75) is 12.8 Å². The fourth-order valence-corrected chi connectivity index (χ4v) is 3.29. The number of benzene rings is 1. The minimum absolute atomic E-state index is 0.109. The smallest absolute Gasteiger partial charge is 0.356 e. The number of ketones is 1. The van der Waals surface area contributed by atoms with Crippen LogP contribution in [0.4, 0.5) is 0 Å². The number of Topliss-reactive ketones (excluding diaryl/α,β-unsaturated/α-hetero) is 1. The highest BCUT2D eigenvalue weighted by atomic mass is 32.1. The highest BCUT2D eigenvalue weighted by Gasteiger charge is 2.31. The third-order valence-corrected chi connectivity index (χ3v) is 4.43. The topological polar surface area (TPSA) is 76.5 Å². The molecule has 0 spiro atoms. The van der Waals surface area contributed by atoms with Crippen LogP contribution in [0.1, 0.15) is 43.6 Å². The van der Waals surface area contributed by atoms with Gasteiger partial charge in [-0.3, -0.25) is 4.79 Å². The number of rotatable bonds is 3. The zero-order valence-corrected chi connectivity index (χ0v) is 11.4. The second-order valence-corrected chi connectivity index (χ2v) is 5.52. The van der Waals surface area contributed by atoms with E-state index in [1.807, 2.05) is 24.3 Å². The van der Waals surface area contributed by atoms with Crippen molar-refractivity contribution >= 4 is 23.1 Å². The molecule has 0 amide bonds. The summed E-state index contributed by atoms with van der Waals surface area (Å²) in [5.41, 5.74) is 0.815. The quantitative estimate of drug-likeness (QED) is 0.879. The van der Waals surface area contributed by atoms with Gasteiger partial charge in [0.05, 0.1) is 5.92 Å². The molecule has 1 atom stereocenters. The maximum atomic E-state index is 11.5. The Morgan fingerprint density at radius 3 is 2.80 bits per heavy atom. The molecule has 5 nitrogen and oxygen atoms in total. The highest BCUT2D eigenvalue weighted by Crippen LogP contribution is 2.40. The van der Waals surface area contributed by atoms with Crippen LogP contribution in [0.5, 0.6) is 5.75 Å². The highest BCUT2D eigenvalue weighted by molar-refractivity contribution is 7.14. The number of fused-ring (bicyclic) bond motifs is 1. The van der Waals surface area contributed by atoms with E-state index in [1.54, 1.807) is 0 Å². The molecule has 0 bridgehead atoms. The number of carbonyl (C=O) groups excluding carboxylic acids is 1. The Morgan fingerprint density at radius 1 is 1.40 bits per heavy atom. The number of aromatic nitrogens is 1. The second kappa shape index (κ2) is 4.72. The first-order valence-electron chi connectivity index (χ1n) is 6.04. The molecule has 0 radical (unpaired) electrons. The van der Waals surface area contributed by atoms with Gasteiger partial charge in [0.1, 0.15) is 22.2 Å². The number of carboxylic acids is 1. The molecule has 1 N–H and O–H groups in total. The van der Waals surface area contributed by atoms with Gasteiger partial charge in [-0.05, 0) is 6.07 Å². The minimum atomic E-state index is -1.18. The van der Waals surface area contributed by atoms with Crippen LogP contribution in [0, 0.1) is 0 Å². The fraction of sp³-hybridized carbons (Fsp3) is 0.214. The molecule has 0 saturated carbocycles. The average Bonchev–Trinajstić information content (AvgIpc) is 3.02. The van der Waals surface area contributed by atoms with E-state index in [2.05, 4.69) is 4.98 Å². The number of aromatic carboxylic acids is 1. The van der Waals surface area contributed by atoms with Gasteiger partial charge in [0.2, 0.25) is 0 Å². The molecule has 1 aliphatic heterocycles. The van der Waals surface area contributed by atoms with Crippen molar-refractivity contribution in [3.8, 4) is 5.75 Å². The lowest BCUT2D eigenvalue weighted by Gasteiger charge is -2.03. The van der Waals surface area contributed by atoms with E-state index < -0.39 is 5.97 Å². The Balaban J connectivity index is 2.07. The van der Waals surface area contributed by atoms with E-state index >= 15 is 0 Å². The number of hydrogen-bond acceptors (Lipinski definition) is 5. The molecule has 0 fully saturated rings. The van der Waals surface area contributed by atoms with E-state index in [9.17, 15) is 9.59 Å². The van der Waals surface area contributed by atoms with E-state index in [0.29, 0.717) is 11.6 Å². The first kappa shape index (κ1) is 12.8. The van der Waals surface area contributed by atoms with Crippen LogP contribution in [0.15, 0.2) is 24.3 Å². The Labute approximate surface area is 118 Å². The number of carboxylic acid groups (broad SMARTS) is 1. The summed E-state index contributed by atoms with van der Waals surface area (Å²) in [7, 11) is 0. The lowest BCUT2D eigenvalue weighted by atomic mass is 10.0. The van der Waals surface area contributed by atoms with Gasteiger partial charge in [-0.2, -0.15) is 0 Å². The molecular weight excluding hydrogens is 278 g/mol. The van der Waals surface area contributed by atoms with Gasteiger partial charge in [-0.1, -0.05) is 18.2 Å². The van der Waals surface area contributed by atoms with Gasteiger partial charge in [0.25, 0.3) is 0 Å². The van der Waals surface area contributed by atoms with Gasteiger partial charge in [-0.15, -0.1) is 11.3 Å². The van der Waals surface area contributed by atoms with Crippen molar-refractivity contribution < 1.29 is 19.4 Å². The second-order valence-electron chi connectivity index (χ2n) is 4.49. The Hall–Kier alpha value is -2.21. The summed E-state index contributed by atoms with van der Waals surface area (Å²) in [5, 5.41) is 9.74. The molecule has 3 rings (SSSR count). The van der Waals surface area contributed by atoms with Gasteiger partial charge in [0.15, 0.2) is 11.5 Å². The monoisotopic (exact) mass is 289 g/mol. The molecule has 1 aliphatic rings. The van der Waals surface area contributed by atoms with Gasteiger partial charge in [-0.25, -0.2) is 9.78 Å². The fourth-order valence-electron chi connectivity index (χ4n) is 2.24. The minimum Gasteiger partial charge on any atom is -0.492 e. The summed E-state index contributed by atoms with van der Waals surface area (Å²) in [4.78, 5) is 27.0. The number of carbonyl (C=O) groups is 2. The maximum absolute atomic E-state index is 11.5. The first-order chi connectivity index (χ1) is 9.58. The van der Waals surface area contributed by atoms with Crippen molar-refractivity contribution in [1.82, 2.24) is 4.98 Å². The van der Waals surface area contributed by atoms with Crippen molar-refractivity contribution in [1.29, 1.82) is 0 Å². The zero-order chi connectivity index (χ0) is 14.3. The summed E-state index contributed by atoms with van der Waals surface area (Å²) in [6.45, 7) is 1.77. The molecule has 6 heteroatoms. The zero-order valence-electron chi connectivity index (χ0n) is 10.6.